The predicted molar refractivity (Wildman–Crippen MR) is 76.4 cm³/mol. The molecule has 0 aliphatic rings. The number of anilines is 2. The fourth-order valence-electron chi connectivity index (χ4n) is 1.54. The molecule has 0 spiro atoms. The van der Waals surface area contributed by atoms with Crippen LogP contribution in [-0.4, -0.2) is 23.2 Å². The van der Waals surface area contributed by atoms with Gasteiger partial charge in [-0.3, -0.25) is 9.89 Å². The van der Waals surface area contributed by atoms with Gasteiger partial charge in [-0.05, 0) is 35.0 Å². The van der Waals surface area contributed by atoms with Crippen LogP contribution in [0.2, 0.25) is 0 Å². The van der Waals surface area contributed by atoms with Gasteiger partial charge in [-0.1, -0.05) is 0 Å². The molecule has 0 unspecified atom stereocenters. The average molecular weight is 325 g/mol. The van der Waals surface area contributed by atoms with Crippen molar-refractivity contribution in [1.82, 2.24) is 10.2 Å². The third-order valence-corrected chi connectivity index (χ3v) is 3.27. The number of methoxy groups -OCH3 is 1. The molecule has 2 rings (SSSR count). The number of nitrogens with zero attached hydrogens (tertiary/aromatic N) is 1. The summed E-state index contributed by atoms with van der Waals surface area (Å²) >= 11 is 3.34. The van der Waals surface area contributed by atoms with Gasteiger partial charge >= 0.3 is 0 Å². The zero-order chi connectivity index (χ0) is 14.0. The molecule has 0 aliphatic heterocycles. The first-order valence-electron chi connectivity index (χ1n) is 5.48. The molecular weight excluding hydrogens is 312 g/mol. The van der Waals surface area contributed by atoms with Crippen LogP contribution in [-0.2, 0) is 0 Å². The number of H-pyrrole nitrogens is 1. The molecule has 0 aliphatic carbocycles. The third-order valence-electron chi connectivity index (χ3n) is 2.62. The Kier molecular flexibility index (Phi) is 3.75. The quantitative estimate of drug-likeness (QED) is 0.807. The molecule has 0 atom stereocenters. The van der Waals surface area contributed by atoms with Gasteiger partial charge in [0.2, 0.25) is 0 Å². The predicted octanol–water partition coefficient (Wildman–Crippen LogP) is 2.32. The van der Waals surface area contributed by atoms with E-state index in [2.05, 4.69) is 31.4 Å². The fraction of sp³-hybridized carbons (Fsp3) is 0.167. The number of aromatic nitrogens is 2. The minimum Gasteiger partial charge on any atom is -0.495 e. The van der Waals surface area contributed by atoms with Crippen LogP contribution in [0.25, 0.3) is 0 Å². The van der Waals surface area contributed by atoms with E-state index in [4.69, 9.17) is 10.5 Å². The van der Waals surface area contributed by atoms with Crippen LogP contribution in [0, 0.1) is 6.92 Å². The first-order chi connectivity index (χ1) is 9.02. The first kappa shape index (κ1) is 13.4. The fourth-order valence-corrected chi connectivity index (χ4v) is 1.95. The van der Waals surface area contributed by atoms with Gasteiger partial charge < -0.3 is 15.8 Å². The zero-order valence-corrected chi connectivity index (χ0v) is 12.0. The van der Waals surface area contributed by atoms with Crippen LogP contribution in [0.1, 0.15) is 16.2 Å². The summed E-state index contributed by atoms with van der Waals surface area (Å²) < 4.78 is 5.96. The smallest absolute Gasteiger partial charge is 0.278 e. The number of amides is 1. The average Bonchev–Trinajstić information content (AvgIpc) is 2.72. The van der Waals surface area contributed by atoms with Gasteiger partial charge in [0.1, 0.15) is 5.75 Å². The molecule has 0 bridgehead atoms. The summed E-state index contributed by atoms with van der Waals surface area (Å²) in [5.41, 5.74) is 7.55. The SMILES string of the molecule is COc1cc(NC(=O)c2n[nH]c(C)c2N)ccc1Br. The molecule has 1 aromatic carbocycles. The van der Waals surface area contributed by atoms with Crippen LogP contribution >= 0.6 is 15.9 Å². The topological polar surface area (TPSA) is 93.0 Å². The summed E-state index contributed by atoms with van der Waals surface area (Å²) in [6, 6.07) is 5.24. The maximum atomic E-state index is 12.0. The summed E-state index contributed by atoms with van der Waals surface area (Å²) in [6.07, 6.45) is 0. The Morgan fingerprint density at radius 3 is 2.84 bits per heavy atom. The van der Waals surface area contributed by atoms with Gasteiger partial charge in [-0.25, -0.2) is 0 Å². The Morgan fingerprint density at radius 1 is 1.53 bits per heavy atom. The van der Waals surface area contributed by atoms with E-state index in [9.17, 15) is 4.79 Å². The number of ether oxygens (including phenoxy) is 1. The van der Waals surface area contributed by atoms with Crippen molar-refractivity contribution in [3.63, 3.8) is 0 Å². The minimum absolute atomic E-state index is 0.180. The molecule has 2 aromatic rings. The summed E-state index contributed by atoms with van der Waals surface area (Å²) in [7, 11) is 1.56. The second-order valence-corrected chi connectivity index (χ2v) is 4.77. The van der Waals surface area contributed by atoms with E-state index < -0.39 is 0 Å². The molecule has 1 aromatic heterocycles. The largest absolute Gasteiger partial charge is 0.495 e. The third kappa shape index (κ3) is 2.70. The molecule has 6 nitrogen and oxygen atoms in total. The number of carbonyl (C=O) groups is 1. The number of aromatic amines is 1. The highest BCUT2D eigenvalue weighted by atomic mass is 79.9. The molecule has 1 amide bonds. The van der Waals surface area contributed by atoms with Crippen LogP contribution in [0.15, 0.2) is 22.7 Å². The summed E-state index contributed by atoms with van der Waals surface area (Å²) in [6.45, 7) is 1.75. The van der Waals surface area contributed by atoms with E-state index >= 15 is 0 Å². The standard InChI is InChI=1S/C12H13BrN4O2/c1-6-10(14)11(17-16-6)12(18)15-7-3-4-8(13)9(5-7)19-2/h3-5H,14H2,1-2H3,(H,15,18)(H,16,17). The van der Waals surface area contributed by atoms with Gasteiger partial charge in [-0.2, -0.15) is 5.10 Å². The highest BCUT2D eigenvalue weighted by Crippen LogP contribution is 2.28. The molecule has 19 heavy (non-hydrogen) atoms. The molecular formula is C12H13BrN4O2. The van der Waals surface area contributed by atoms with E-state index in [1.807, 2.05) is 0 Å². The van der Waals surface area contributed by atoms with E-state index in [0.717, 1.165) is 4.47 Å². The lowest BCUT2D eigenvalue weighted by Crippen LogP contribution is -2.14. The Hall–Kier alpha value is -2.02. The Labute approximate surface area is 118 Å². The molecule has 0 fully saturated rings. The number of hydrogen-bond acceptors (Lipinski definition) is 4. The highest BCUT2D eigenvalue weighted by Gasteiger charge is 2.15. The van der Waals surface area contributed by atoms with Crippen molar-refractivity contribution in [1.29, 1.82) is 0 Å². The van der Waals surface area contributed by atoms with Gasteiger partial charge in [0.05, 0.1) is 23.0 Å². The van der Waals surface area contributed by atoms with Crippen molar-refractivity contribution in [2.45, 2.75) is 6.92 Å². The second kappa shape index (κ2) is 5.31. The van der Waals surface area contributed by atoms with Crippen molar-refractivity contribution >= 4 is 33.2 Å². The van der Waals surface area contributed by atoms with Crippen LogP contribution in [0.3, 0.4) is 0 Å². The van der Waals surface area contributed by atoms with Crippen molar-refractivity contribution in [3.8, 4) is 5.75 Å². The number of hydrogen-bond donors (Lipinski definition) is 3. The lowest BCUT2D eigenvalue weighted by atomic mass is 10.2. The molecule has 7 heteroatoms. The number of nitrogen functional groups attached to an aromatic ring is 1. The highest BCUT2D eigenvalue weighted by molar-refractivity contribution is 9.10. The van der Waals surface area contributed by atoms with Gasteiger partial charge in [0, 0.05) is 11.8 Å². The molecule has 0 saturated carbocycles. The number of benzene rings is 1. The van der Waals surface area contributed by atoms with Crippen LogP contribution < -0.4 is 15.8 Å². The van der Waals surface area contributed by atoms with E-state index in [1.165, 1.54) is 0 Å². The minimum atomic E-state index is -0.369. The monoisotopic (exact) mass is 324 g/mol. The van der Waals surface area contributed by atoms with Crippen LogP contribution in [0.4, 0.5) is 11.4 Å². The number of halogens is 1. The summed E-state index contributed by atoms with van der Waals surface area (Å²) in [5, 5.41) is 9.25. The molecule has 0 saturated heterocycles. The zero-order valence-electron chi connectivity index (χ0n) is 10.5. The van der Waals surface area contributed by atoms with E-state index in [1.54, 1.807) is 32.2 Å². The summed E-state index contributed by atoms with van der Waals surface area (Å²) in [4.78, 5) is 12.0. The molecule has 100 valence electrons. The van der Waals surface area contributed by atoms with Crippen molar-refractivity contribution < 1.29 is 9.53 Å². The number of rotatable bonds is 3. The molecule has 0 radical (unpaired) electrons. The summed E-state index contributed by atoms with van der Waals surface area (Å²) in [5.74, 6) is 0.259. The van der Waals surface area contributed by atoms with Gasteiger partial charge in [-0.15, -0.1) is 0 Å². The number of aryl methyl sites for hydroxylation is 1. The maximum absolute atomic E-state index is 12.0. The first-order valence-corrected chi connectivity index (χ1v) is 6.27. The lowest BCUT2D eigenvalue weighted by molar-refractivity contribution is 0.102. The molecule has 4 N–H and O–H groups in total. The van der Waals surface area contributed by atoms with Crippen LogP contribution in [0.5, 0.6) is 5.75 Å². The Balaban J connectivity index is 2.22. The number of nitrogens with one attached hydrogen (secondary N) is 2. The Morgan fingerprint density at radius 2 is 2.26 bits per heavy atom. The lowest BCUT2D eigenvalue weighted by Gasteiger charge is -2.07. The Bertz CT molecular complexity index is 624. The normalized spacial score (nSPS) is 10.3. The second-order valence-electron chi connectivity index (χ2n) is 3.91. The van der Waals surface area contributed by atoms with Crippen molar-refractivity contribution in [2.75, 3.05) is 18.2 Å². The van der Waals surface area contributed by atoms with E-state index in [0.29, 0.717) is 22.8 Å². The molecule has 1 heterocycles. The number of nitrogens with two attached hydrogens (primary N) is 1. The maximum Gasteiger partial charge on any atom is 0.278 e. The van der Waals surface area contributed by atoms with Crippen molar-refractivity contribution in [2.24, 2.45) is 0 Å². The van der Waals surface area contributed by atoms with Gasteiger partial charge in [0.25, 0.3) is 5.91 Å². The van der Waals surface area contributed by atoms with E-state index in [-0.39, 0.29) is 11.6 Å². The van der Waals surface area contributed by atoms with Crippen molar-refractivity contribution in [3.05, 3.63) is 34.1 Å². The van der Waals surface area contributed by atoms with Gasteiger partial charge in [0.15, 0.2) is 5.69 Å². The number of carbonyl (C=O) groups excluding carboxylic acids is 1.